The lowest BCUT2D eigenvalue weighted by molar-refractivity contribution is 0.00591. The summed E-state index contributed by atoms with van der Waals surface area (Å²) < 4.78 is 5.10. The van der Waals surface area contributed by atoms with Gasteiger partial charge in [-0.3, -0.25) is 0 Å². The minimum absolute atomic E-state index is 0.655. The van der Waals surface area contributed by atoms with E-state index in [1.54, 1.807) is 7.11 Å². The third-order valence-electron chi connectivity index (χ3n) is 3.06. The van der Waals surface area contributed by atoms with E-state index in [0.29, 0.717) is 0 Å². The predicted octanol–water partition coefficient (Wildman–Crippen LogP) is 1.27. The van der Waals surface area contributed by atoms with E-state index >= 15 is 0 Å². The van der Waals surface area contributed by atoms with Crippen molar-refractivity contribution in [2.24, 2.45) is 0 Å². The molecule has 0 aromatic heterocycles. The van der Waals surface area contributed by atoms with Crippen molar-refractivity contribution >= 4 is 0 Å². The fourth-order valence-electron chi connectivity index (χ4n) is 2.03. The van der Waals surface area contributed by atoms with E-state index in [4.69, 9.17) is 4.74 Å². The maximum atomic E-state index is 10.4. The Labute approximate surface area is 90.1 Å². The third-order valence-corrected chi connectivity index (χ3v) is 3.06. The second-order valence-corrected chi connectivity index (χ2v) is 4.01. The molecular formula is C12H17NO2. The number of hydrogen-bond acceptors (Lipinski definition) is 3. The second kappa shape index (κ2) is 4.21. The molecule has 1 saturated heterocycles. The first-order chi connectivity index (χ1) is 7.24. The van der Waals surface area contributed by atoms with Gasteiger partial charge in [-0.05, 0) is 43.6 Å². The molecule has 2 rings (SSSR count). The lowest BCUT2D eigenvalue weighted by atomic mass is 9.85. The summed E-state index contributed by atoms with van der Waals surface area (Å²) in [5.74, 6) is 0.830. The molecule has 0 spiro atoms. The van der Waals surface area contributed by atoms with Crippen LogP contribution in [0.1, 0.15) is 18.4 Å². The highest BCUT2D eigenvalue weighted by atomic mass is 16.5. The van der Waals surface area contributed by atoms with Crippen molar-refractivity contribution in [3.05, 3.63) is 29.8 Å². The normalized spacial score (nSPS) is 19.9. The molecular weight excluding hydrogens is 190 g/mol. The summed E-state index contributed by atoms with van der Waals surface area (Å²) >= 11 is 0. The molecule has 1 aliphatic rings. The smallest absolute Gasteiger partial charge is 0.118 e. The van der Waals surface area contributed by atoms with E-state index in [9.17, 15) is 5.11 Å². The fourth-order valence-corrected chi connectivity index (χ4v) is 2.03. The van der Waals surface area contributed by atoms with E-state index < -0.39 is 5.60 Å². The summed E-state index contributed by atoms with van der Waals surface area (Å²) in [6.45, 7) is 1.76. The molecule has 2 N–H and O–H groups in total. The van der Waals surface area contributed by atoms with Crippen molar-refractivity contribution < 1.29 is 9.84 Å². The zero-order valence-electron chi connectivity index (χ0n) is 8.99. The van der Waals surface area contributed by atoms with Gasteiger partial charge >= 0.3 is 0 Å². The Balaban J connectivity index is 2.20. The van der Waals surface area contributed by atoms with Crippen molar-refractivity contribution in [1.82, 2.24) is 5.32 Å². The quantitative estimate of drug-likeness (QED) is 0.767. The van der Waals surface area contributed by atoms with Gasteiger partial charge in [0, 0.05) is 0 Å². The summed E-state index contributed by atoms with van der Waals surface area (Å²) in [6.07, 6.45) is 1.55. The average molecular weight is 207 g/mol. The second-order valence-electron chi connectivity index (χ2n) is 4.01. The van der Waals surface area contributed by atoms with Crippen molar-refractivity contribution in [2.45, 2.75) is 18.4 Å². The molecule has 0 saturated carbocycles. The molecule has 0 atom stereocenters. The van der Waals surface area contributed by atoms with Gasteiger partial charge in [0.25, 0.3) is 0 Å². The highest BCUT2D eigenvalue weighted by Crippen LogP contribution is 2.31. The Morgan fingerprint density at radius 2 is 1.80 bits per heavy atom. The Bertz CT molecular complexity index is 315. The molecule has 0 amide bonds. The molecule has 1 heterocycles. The molecule has 3 heteroatoms. The first kappa shape index (κ1) is 10.5. The van der Waals surface area contributed by atoms with Crippen molar-refractivity contribution in [2.75, 3.05) is 20.2 Å². The van der Waals surface area contributed by atoms with Gasteiger partial charge in [-0.25, -0.2) is 0 Å². The first-order valence-corrected chi connectivity index (χ1v) is 5.32. The van der Waals surface area contributed by atoms with E-state index in [1.165, 1.54) is 0 Å². The predicted molar refractivity (Wildman–Crippen MR) is 59.0 cm³/mol. The van der Waals surface area contributed by atoms with Gasteiger partial charge in [0.1, 0.15) is 5.75 Å². The van der Waals surface area contributed by atoms with Crippen LogP contribution in [0.4, 0.5) is 0 Å². The van der Waals surface area contributed by atoms with Gasteiger partial charge < -0.3 is 15.2 Å². The van der Waals surface area contributed by atoms with Gasteiger partial charge in [-0.2, -0.15) is 0 Å². The van der Waals surface area contributed by atoms with Crippen molar-refractivity contribution in [1.29, 1.82) is 0 Å². The van der Waals surface area contributed by atoms with E-state index in [0.717, 1.165) is 37.2 Å². The summed E-state index contributed by atoms with van der Waals surface area (Å²) in [7, 11) is 1.65. The number of methoxy groups -OCH3 is 1. The van der Waals surface area contributed by atoms with E-state index in [1.807, 2.05) is 24.3 Å². The number of hydrogen-bond donors (Lipinski definition) is 2. The maximum Gasteiger partial charge on any atom is 0.118 e. The lowest BCUT2D eigenvalue weighted by Crippen LogP contribution is -2.39. The van der Waals surface area contributed by atoms with Crippen molar-refractivity contribution in [3.63, 3.8) is 0 Å². The molecule has 0 radical (unpaired) electrons. The van der Waals surface area contributed by atoms with Crippen molar-refractivity contribution in [3.8, 4) is 5.75 Å². The summed E-state index contributed by atoms with van der Waals surface area (Å²) in [6, 6.07) is 7.69. The van der Waals surface area contributed by atoms with Crippen LogP contribution < -0.4 is 10.1 Å². The Morgan fingerprint density at radius 3 is 2.33 bits per heavy atom. The van der Waals surface area contributed by atoms with Gasteiger partial charge in [-0.15, -0.1) is 0 Å². The van der Waals surface area contributed by atoms with Crippen LogP contribution >= 0.6 is 0 Å². The number of aliphatic hydroxyl groups is 1. The van der Waals surface area contributed by atoms with Crippen LogP contribution in [0.2, 0.25) is 0 Å². The minimum atomic E-state index is -0.655. The third kappa shape index (κ3) is 2.13. The molecule has 3 nitrogen and oxygen atoms in total. The first-order valence-electron chi connectivity index (χ1n) is 5.32. The van der Waals surface area contributed by atoms with Crippen LogP contribution in [0.3, 0.4) is 0 Å². The summed E-state index contributed by atoms with van der Waals surface area (Å²) in [4.78, 5) is 0. The maximum absolute atomic E-state index is 10.4. The zero-order valence-corrected chi connectivity index (χ0v) is 8.99. The minimum Gasteiger partial charge on any atom is -0.497 e. The molecule has 1 aliphatic heterocycles. The number of rotatable bonds is 2. The van der Waals surface area contributed by atoms with Gasteiger partial charge in [0.05, 0.1) is 12.7 Å². The van der Waals surface area contributed by atoms with Gasteiger partial charge in [0.15, 0.2) is 0 Å². The Hall–Kier alpha value is -1.06. The monoisotopic (exact) mass is 207 g/mol. The van der Waals surface area contributed by atoms with Crippen LogP contribution in [0, 0.1) is 0 Å². The van der Waals surface area contributed by atoms with Crippen LogP contribution in [0.15, 0.2) is 24.3 Å². The zero-order chi connectivity index (χ0) is 10.7. The van der Waals surface area contributed by atoms with Crippen LogP contribution in [0.5, 0.6) is 5.75 Å². The SMILES string of the molecule is COc1ccc(C2(O)CCNCC2)cc1. The number of piperidine rings is 1. The number of nitrogens with one attached hydrogen (secondary N) is 1. The Kier molecular flexibility index (Phi) is 2.93. The fraction of sp³-hybridized carbons (Fsp3) is 0.500. The average Bonchev–Trinajstić information content (AvgIpc) is 2.30. The lowest BCUT2D eigenvalue weighted by Gasteiger charge is -2.33. The largest absolute Gasteiger partial charge is 0.497 e. The molecule has 15 heavy (non-hydrogen) atoms. The highest BCUT2D eigenvalue weighted by molar-refractivity contribution is 5.31. The molecule has 1 fully saturated rings. The summed E-state index contributed by atoms with van der Waals surface area (Å²) in [5, 5.41) is 13.7. The molecule has 82 valence electrons. The standard InChI is InChI=1S/C12H17NO2/c1-15-11-4-2-10(3-5-11)12(14)6-8-13-9-7-12/h2-5,13-14H,6-9H2,1H3. The van der Waals surface area contributed by atoms with Crippen LogP contribution in [-0.4, -0.2) is 25.3 Å². The number of ether oxygens (including phenoxy) is 1. The van der Waals surface area contributed by atoms with Gasteiger partial charge in [-0.1, -0.05) is 12.1 Å². The van der Waals surface area contributed by atoms with E-state index in [2.05, 4.69) is 5.32 Å². The van der Waals surface area contributed by atoms with Gasteiger partial charge in [0.2, 0.25) is 0 Å². The van der Waals surface area contributed by atoms with Crippen LogP contribution in [-0.2, 0) is 5.60 Å². The summed E-state index contributed by atoms with van der Waals surface area (Å²) in [5.41, 5.74) is 0.335. The molecule has 1 aromatic rings. The molecule has 0 unspecified atom stereocenters. The highest BCUT2D eigenvalue weighted by Gasteiger charge is 2.30. The molecule has 1 aromatic carbocycles. The molecule has 0 bridgehead atoms. The molecule has 0 aliphatic carbocycles. The van der Waals surface area contributed by atoms with Crippen LogP contribution in [0.25, 0.3) is 0 Å². The van der Waals surface area contributed by atoms with E-state index in [-0.39, 0.29) is 0 Å². The number of benzene rings is 1. The topological polar surface area (TPSA) is 41.5 Å². The Morgan fingerprint density at radius 1 is 1.20 bits per heavy atom.